The first kappa shape index (κ1) is 11.5. The fraction of sp³-hybridized carbons (Fsp3) is 0. The van der Waals surface area contributed by atoms with Crippen LogP contribution < -0.4 is 0 Å². The molecule has 0 atom stereocenters. The van der Waals surface area contributed by atoms with Gasteiger partial charge in [-0.1, -0.05) is 66.7 Å². The van der Waals surface area contributed by atoms with Gasteiger partial charge in [-0.25, -0.2) is 0 Å². The predicted octanol–water partition coefficient (Wildman–Crippen LogP) is 4.25. The lowest BCUT2D eigenvalue weighted by molar-refractivity contribution is 1.09. The molecule has 3 aromatic rings. The second-order valence-electron chi connectivity index (χ2n) is 4.29. The van der Waals surface area contributed by atoms with Crippen LogP contribution in [-0.4, -0.2) is 10.2 Å². The van der Waals surface area contributed by atoms with Gasteiger partial charge in [-0.15, -0.1) is 0 Å². The molecule has 19 heavy (non-hydrogen) atoms. The van der Waals surface area contributed by atoms with Gasteiger partial charge in [0, 0.05) is 11.8 Å². The van der Waals surface area contributed by atoms with E-state index in [1.807, 2.05) is 42.6 Å². The Bertz CT molecular complexity index is 668. The van der Waals surface area contributed by atoms with Gasteiger partial charge >= 0.3 is 0 Å². The van der Waals surface area contributed by atoms with Crippen molar-refractivity contribution in [2.24, 2.45) is 0 Å². The number of aromatic amines is 1. The normalized spacial score (nSPS) is 10.9. The quantitative estimate of drug-likeness (QED) is 0.688. The van der Waals surface area contributed by atoms with Gasteiger partial charge in [-0.2, -0.15) is 5.10 Å². The van der Waals surface area contributed by atoms with Crippen LogP contribution in [0.1, 0.15) is 11.1 Å². The van der Waals surface area contributed by atoms with Crippen molar-refractivity contribution in [3.8, 4) is 11.3 Å². The van der Waals surface area contributed by atoms with Gasteiger partial charge in [-0.3, -0.25) is 5.10 Å². The molecule has 1 aromatic heterocycles. The van der Waals surface area contributed by atoms with Gasteiger partial charge in [0.25, 0.3) is 0 Å². The zero-order chi connectivity index (χ0) is 12.9. The molecule has 0 aliphatic heterocycles. The first-order valence-electron chi connectivity index (χ1n) is 6.26. The van der Waals surface area contributed by atoms with Gasteiger partial charge in [0.15, 0.2) is 0 Å². The van der Waals surface area contributed by atoms with Crippen molar-refractivity contribution in [1.29, 1.82) is 0 Å². The van der Waals surface area contributed by atoms with Gasteiger partial charge in [0.1, 0.15) is 0 Å². The Hall–Kier alpha value is -2.61. The molecule has 3 rings (SSSR count). The minimum absolute atomic E-state index is 0.966. The van der Waals surface area contributed by atoms with E-state index in [0.29, 0.717) is 0 Å². The molecule has 0 bridgehead atoms. The summed E-state index contributed by atoms with van der Waals surface area (Å²) in [6.07, 6.45) is 6.08. The van der Waals surface area contributed by atoms with Crippen molar-refractivity contribution in [1.82, 2.24) is 10.2 Å². The summed E-state index contributed by atoms with van der Waals surface area (Å²) in [6, 6.07) is 20.5. The topological polar surface area (TPSA) is 28.7 Å². The first-order chi connectivity index (χ1) is 9.43. The predicted molar refractivity (Wildman–Crippen MR) is 79.4 cm³/mol. The van der Waals surface area contributed by atoms with E-state index in [4.69, 9.17) is 0 Å². The Morgan fingerprint density at radius 3 is 2.37 bits per heavy atom. The zero-order valence-electron chi connectivity index (χ0n) is 10.5. The highest BCUT2D eigenvalue weighted by Crippen LogP contribution is 2.23. The maximum atomic E-state index is 4.24. The van der Waals surface area contributed by atoms with Crippen molar-refractivity contribution in [3.05, 3.63) is 78.0 Å². The van der Waals surface area contributed by atoms with Crippen LogP contribution in [0.2, 0.25) is 0 Å². The maximum absolute atomic E-state index is 4.24. The average Bonchev–Trinajstić information content (AvgIpc) is 3.01. The number of rotatable bonds is 3. The standard InChI is InChI=1S/C17H14N2/c1-2-6-14(7-3-1)10-11-15-8-4-5-9-16(15)17-12-13-18-19-17/h1-13H,(H,18,19). The van der Waals surface area contributed by atoms with E-state index in [0.717, 1.165) is 11.3 Å². The van der Waals surface area contributed by atoms with Crippen LogP contribution in [0.15, 0.2) is 66.9 Å². The van der Waals surface area contributed by atoms with Crippen LogP contribution in [0.4, 0.5) is 0 Å². The summed E-state index contributed by atoms with van der Waals surface area (Å²) >= 11 is 0. The third-order valence-electron chi connectivity index (χ3n) is 2.99. The van der Waals surface area contributed by atoms with Gasteiger partial charge in [0.2, 0.25) is 0 Å². The Labute approximate surface area is 112 Å². The third-order valence-corrected chi connectivity index (χ3v) is 2.99. The van der Waals surface area contributed by atoms with Crippen molar-refractivity contribution in [3.63, 3.8) is 0 Å². The first-order valence-corrected chi connectivity index (χ1v) is 6.26. The molecule has 0 unspecified atom stereocenters. The van der Waals surface area contributed by atoms with E-state index >= 15 is 0 Å². The molecule has 0 amide bonds. The molecule has 0 spiro atoms. The minimum Gasteiger partial charge on any atom is -0.285 e. The van der Waals surface area contributed by atoms with Crippen LogP contribution in [-0.2, 0) is 0 Å². The molecule has 0 aliphatic carbocycles. The number of H-pyrrole nitrogens is 1. The molecule has 0 fully saturated rings. The summed E-state index contributed by atoms with van der Waals surface area (Å²) in [5, 5.41) is 7.10. The number of hydrogen-bond donors (Lipinski definition) is 1. The molecule has 2 nitrogen and oxygen atoms in total. The summed E-state index contributed by atoms with van der Waals surface area (Å²) in [4.78, 5) is 0. The van der Waals surface area contributed by atoms with E-state index < -0.39 is 0 Å². The molecule has 0 saturated heterocycles. The Kier molecular flexibility index (Phi) is 3.24. The van der Waals surface area contributed by atoms with Crippen molar-refractivity contribution in [2.75, 3.05) is 0 Å². The lowest BCUT2D eigenvalue weighted by Crippen LogP contribution is -1.83. The number of benzene rings is 2. The molecule has 0 saturated carbocycles. The summed E-state index contributed by atoms with van der Waals surface area (Å²) in [6.45, 7) is 0. The van der Waals surface area contributed by atoms with Gasteiger partial charge in [0.05, 0.1) is 5.69 Å². The molecule has 2 heteroatoms. The monoisotopic (exact) mass is 246 g/mol. The zero-order valence-corrected chi connectivity index (χ0v) is 10.5. The average molecular weight is 246 g/mol. The molecule has 1 heterocycles. The molecule has 2 aromatic carbocycles. The molecule has 92 valence electrons. The second kappa shape index (κ2) is 5.36. The minimum atomic E-state index is 0.966. The highest BCUT2D eigenvalue weighted by Gasteiger charge is 2.03. The maximum Gasteiger partial charge on any atom is 0.0926 e. The number of aromatic nitrogens is 2. The fourth-order valence-electron chi connectivity index (χ4n) is 2.04. The van der Waals surface area contributed by atoms with E-state index in [2.05, 4.69) is 46.6 Å². The summed E-state index contributed by atoms with van der Waals surface area (Å²) in [5.74, 6) is 0. The molecule has 0 aliphatic rings. The Morgan fingerprint density at radius 1 is 0.789 bits per heavy atom. The second-order valence-corrected chi connectivity index (χ2v) is 4.29. The molecule has 0 radical (unpaired) electrons. The lowest BCUT2D eigenvalue weighted by Gasteiger charge is -2.02. The third kappa shape index (κ3) is 2.63. The fourth-order valence-corrected chi connectivity index (χ4v) is 2.04. The Morgan fingerprint density at radius 2 is 1.58 bits per heavy atom. The molecular formula is C17H14N2. The van der Waals surface area contributed by atoms with Crippen LogP contribution >= 0.6 is 0 Å². The SMILES string of the molecule is C(=Cc1ccccc1-c1cc[nH]n1)c1ccccc1. The van der Waals surface area contributed by atoms with Crippen LogP contribution in [0.5, 0.6) is 0 Å². The number of nitrogens with zero attached hydrogens (tertiary/aromatic N) is 1. The highest BCUT2D eigenvalue weighted by molar-refractivity contribution is 5.79. The van der Waals surface area contributed by atoms with Crippen LogP contribution in [0, 0.1) is 0 Å². The largest absolute Gasteiger partial charge is 0.285 e. The molecular weight excluding hydrogens is 232 g/mol. The van der Waals surface area contributed by atoms with Crippen molar-refractivity contribution >= 4 is 12.2 Å². The summed E-state index contributed by atoms with van der Waals surface area (Å²) in [5.41, 5.74) is 4.46. The number of nitrogens with one attached hydrogen (secondary N) is 1. The van der Waals surface area contributed by atoms with Gasteiger partial charge in [-0.05, 0) is 17.2 Å². The van der Waals surface area contributed by atoms with Crippen LogP contribution in [0.25, 0.3) is 23.4 Å². The van der Waals surface area contributed by atoms with E-state index in [-0.39, 0.29) is 0 Å². The summed E-state index contributed by atoms with van der Waals surface area (Å²) < 4.78 is 0. The van der Waals surface area contributed by atoms with E-state index in [9.17, 15) is 0 Å². The van der Waals surface area contributed by atoms with E-state index in [1.165, 1.54) is 11.1 Å². The summed E-state index contributed by atoms with van der Waals surface area (Å²) in [7, 11) is 0. The van der Waals surface area contributed by atoms with Gasteiger partial charge < -0.3 is 0 Å². The number of hydrogen-bond acceptors (Lipinski definition) is 1. The van der Waals surface area contributed by atoms with Crippen molar-refractivity contribution in [2.45, 2.75) is 0 Å². The van der Waals surface area contributed by atoms with Crippen molar-refractivity contribution < 1.29 is 0 Å². The van der Waals surface area contributed by atoms with Crippen LogP contribution in [0.3, 0.4) is 0 Å². The Balaban J connectivity index is 1.96. The lowest BCUT2D eigenvalue weighted by atomic mass is 10.0. The van der Waals surface area contributed by atoms with E-state index in [1.54, 1.807) is 0 Å². The molecule has 1 N–H and O–H groups in total. The smallest absolute Gasteiger partial charge is 0.0926 e. The highest BCUT2D eigenvalue weighted by atomic mass is 15.1.